The van der Waals surface area contributed by atoms with Crippen molar-refractivity contribution in [2.24, 2.45) is 0 Å². The summed E-state index contributed by atoms with van der Waals surface area (Å²) >= 11 is 6.62. The molecule has 20 aromatic carbocycles. The fraction of sp³-hybridized carbons (Fsp3) is 0.00870. The molecular formula is C115H70ClN7O2. The van der Waals surface area contributed by atoms with Crippen molar-refractivity contribution in [1.82, 2.24) is 34.5 Å². The van der Waals surface area contributed by atoms with E-state index in [0.29, 0.717) is 45.6 Å². The lowest BCUT2D eigenvalue weighted by Crippen LogP contribution is -2.01. The molecule has 0 saturated carbocycles. The Bertz CT molecular complexity index is 8660. The predicted octanol–water partition coefficient (Wildman–Crippen LogP) is 30.8. The smallest absolute Gasteiger partial charge is 0.164 e. The first kappa shape index (κ1) is 72.7. The molecular weight excluding hydrogens is 1550 g/mol. The standard InChI is InChI=1S/C57H34N4O.C37H22ClN3O.C21H14/c1-2-12-35(13-3-1)37-22-25-39(26-23-37)55-58-56(43-27-24-36-14-4-5-16-40(36)32-43)60-57(59-55)46-29-31-49(54-53(46)45-20-10-11-21-51(45)62-54)61-48-30-28-38-15-8-9-19-44(38)52(48)47-33-41-17-6-7-18-42(41)34-50(47)61;38-31-21-20-30(33-29-12-6-7-13-32(29)42-34(31)33)37-40-35(26-17-14-25(15-18-26)23-8-2-1-3-9-23)39-36(41-37)28-19-16-24-10-4-5-11-27(24)22-28;1-2-7-16-13-20-18(11-15(16)6-1)12-17-10-9-14-5-3-4-8-19(14)21(17)20/h1-34H;1-22H;1-11,13H,12H2. The highest BCUT2D eigenvalue weighted by Gasteiger charge is 2.27. The maximum Gasteiger partial charge on any atom is 0.164 e. The van der Waals surface area contributed by atoms with Gasteiger partial charge < -0.3 is 13.4 Å². The lowest BCUT2D eigenvalue weighted by molar-refractivity contribution is 0.666. The summed E-state index contributed by atoms with van der Waals surface area (Å²) < 4.78 is 15.5. The third kappa shape index (κ3) is 12.9. The van der Waals surface area contributed by atoms with Gasteiger partial charge in [0.15, 0.2) is 46.1 Å². The topological polar surface area (TPSA) is 109 Å². The Hall–Kier alpha value is -16.3. The summed E-state index contributed by atoms with van der Waals surface area (Å²) in [5, 5.41) is 21.5. The number of nitrogens with zero attached hydrogens (tertiary/aromatic N) is 7. The van der Waals surface area contributed by atoms with Gasteiger partial charge in [0.1, 0.15) is 11.2 Å². The summed E-state index contributed by atoms with van der Waals surface area (Å²) in [4.78, 5) is 30.8. The molecule has 0 amide bonds. The molecule has 0 radical (unpaired) electrons. The molecule has 0 bridgehead atoms. The summed E-state index contributed by atoms with van der Waals surface area (Å²) in [5.41, 5.74) is 21.9. The number of para-hydroxylation sites is 2. The van der Waals surface area contributed by atoms with Gasteiger partial charge in [0.2, 0.25) is 0 Å². The van der Waals surface area contributed by atoms with Crippen molar-refractivity contribution in [3.8, 4) is 107 Å². The van der Waals surface area contributed by atoms with Gasteiger partial charge in [-0.2, -0.15) is 0 Å². The zero-order valence-corrected chi connectivity index (χ0v) is 68.0. The summed E-state index contributed by atoms with van der Waals surface area (Å²) in [6.45, 7) is 0. The third-order valence-corrected chi connectivity index (χ3v) is 24.9. The molecule has 26 rings (SSSR count). The SMILES string of the molecule is Clc1ccc(-c2nc(-c3ccc(-c4ccccc4)cc3)nc(-c3ccc4ccccc4c3)n2)c2c1oc1ccccc12.c1ccc(-c2ccc(-c3nc(-c4ccc5ccccc5c4)nc(-c4ccc(-n5c6cc7ccccc7cc6c6c7ccccc7ccc65)c5oc6ccccc6c45)n3)cc2)cc1.c1ccc2cc3c(cc2c1)Cc1ccc2ccccc2c1-3. The van der Waals surface area contributed by atoms with Crippen molar-refractivity contribution in [3.05, 3.63) is 429 Å². The molecule has 0 saturated heterocycles. The van der Waals surface area contributed by atoms with E-state index in [1.54, 1.807) is 0 Å². The molecule has 0 fully saturated rings. The number of furan rings is 2. The molecule has 25 aromatic rings. The average molecular weight is 1620 g/mol. The van der Waals surface area contributed by atoms with E-state index in [-0.39, 0.29) is 0 Å². The van der Waals surface area contributed by atoms with Crippen LogP contribution >= 0.6 is 11.6 Å². The maximum absolute atomic E-state index is 6.98. The minimum atomic E-state index is 0.547. The van der Waals surface area contributed by atoms with Crippen LogP contribution in [-0.2, 0) is 6.42 Å². The Balaban J connectivity index is 0.000000119. The van der Waals surface area contributed by atoms with Crippen molar-refractivity contribution in [3.63, 3.8) is 0 Å². The number of hydrogen-bond donors (Lipinski definition) is 0. The maximum atomic E-state index is 6.98. The van der Waals surface area contributed by atoms with E-state index in [1.807, 2.05) is 84.9 Å². The molecule has 125 heavy (non-hydrogen) atoms. The van der Waals surface area contributed by atoms with Gasteiger partial charge in [-0.1, -0.05) is 351 Å². The Morgan fingerprint density at radius 1 is 0.224 bits per heavy atom. The van der Waals surface area contributed by atoms with Gasteiger partial charge in [-0.25, -0.2) is 29.9 Å². The first-order chi connectivity index (χ1) is 61.8. The molecule has 10 heteroatoms. The molecule has 584 valence electrons. The molecule has 1 aliphatic carbocycles. The molecule has 5 heterocycles. The molecule has 0 N–H and O–H groups in total. The van der Waals surface area contributed by atoms with Crippen molar-refractivity contribution in [2.75, 3.05) is 0 Å². The summed E-state index contributed by atoms with van der Waals surface area (Å²) in [5.74, 6) is 3.54. The predicted molar refractivity (Wildman–Crippen MR) is 517 cm³/mol. The van der Waals surface area contributed by atoms with Crippen molar-refractivity contribution in [2.45, 2.75) is 6.42 Å². The quantitative estimate of drug-likeness (QED) is 0.141. The van der Waals surface area contributed by atoms with Gasteiger partial charge in [-0.05, 0) is 188 Å². The molecule has 5 aromatic heterocycles. The van der Waals surface area contributed by atoms with Crippen LogP contribution in [0.1, 0.15) is 11.1 Å². The fourth-order valence-electron chi connectivity index (χ4n) is 18.6. The Morgan fingerprint density at radius 3 is 1.17 bits per heavy atom. The van der Waals surface area contributed by atoms with Crippen LogP contribution in [0.15, 0.2) is 421 Å². The highest BCUT2D eigenvalue weighted by molar-refractivity contribution is 6.36. The molecule has 1 aliphatic rings. The van der Waals surface area contributed by atoms with Crippen molar-refractivity contribution in [1.29, 1.82) is 0 Å². The van der Waals surface area contributed by atoms with E-state index in [9.17, 15) is 0 Å². The van der Waals surface area contributed by atoms with Crippen molar-refractivity contribution < 1.29 is 8.83 Å². The van der Waals surface area contributed by atoms with E-state index in [4.69, 9.17) is 50.3 Å². The summed E-state index contributed by atoms with van der Waals surface area (Å²) in [6.07, 6.45) is 1.06. The minimum Gasteiger partial charge on any atom is -0.454 e. The van der Waals surface area contributed by atoms with Crippen LogP contribution in [0.5, 0.6) is 0 Å². The van der Waals surface area contributed by atoms with Crippen LogP contribution < -0.4 is 0 Å². The molecule has 0 atom stereocenters. The molecule has 9 nitrogen and oxygen atoms in total. The van der Waals surface area contributed by atoms with E-state index >= 15 is 0 Å². The lowest BCUT2D eigenvalue weighted by atomic mass is 9.96. The minimum absolute atomic E-state index is 0.547. The Labute approximate surface area is 722 Å². The second kappa shape index (κ2) is 30.1. The van der Waals surface area contributed by atoms with Gasteiger partial charge >= 0.3 is 0 Å². The second-order valence-electron chi connectivity index (χ2n) is 32.0. The number of fused-ring (bicyclic) bond motifs is 20. The van der Waals surface area contributed by atoms with Crippen molar-refractivity contribution >= 4 is 142 Å². The van der Waals surface area contributed by atoms with Crippen LogP contribution in [0.4, 0.5) is 0 Å². The van der Waals surface area contributed by atoms with Gasteiger partial charge in [0.25, 0.3) is 0 Å². The zero-order chi connectivity index (χ0) is 82.6. The lowest BCUT2D eigenvalue weighted by Gasteiger charge is -2.13. The van der Waals surface area contributed by atoms with Gasteiger partial charge in [0, 0.05) is 65.7 Å². The van der Waals surface area contributed by atoms with Gasteiger partial charge in [0.05, 0.1) is 21.7 Å². The normalized spacial score (nSPS) is 11.8. The highest BCUT2D eigenvalue weighted by Crippen LogP contribution is 2.48. The largest absolute Gasteiger partial charge is 0.454 e. The summed E-state index contributed by atoms with van der Waals surface area (Å²) in [7, 11) is 0. The number of benzene rings is 20. The fourth-order valence-corrected chi connectivity index (χ4v) is 18.8. The van der Waals surface area contributed by atoms with Crippen LogP contribution in [-0.4, -0.2) is 34.5 Å². The second-order valence-corrected chi connectivity index (χ2v) is 32.4. The first-order valence-corrected chi connectivity index (χ1v) is 42.5. The van der Waals surface area contributed by atoms with Crippen LogP contribution in [0, 0.1) is 0 Å². The highest BCUT2D eigenvalue weighted by atomic mass is 35.5. The molecule has 0 spiro atoms. The number of hydrogen-bond acceptors (Lipinski definition) is 8. The Kier molecular flexibility index (Phi) is 17.5. The zero-order valence-electron chi connectivity index (χ0n) is 67.3. The molecule has 0 unspecified atom stereocenters. The van der Waals surface area contributed by atoms with E-state index in [0.717, 1.165) is 139 Å². The van der Waals surface area contributed by atoms with E-state index in [2.05, 4.69) is 332 Å². The van der Waals surface area contributed by atoms with Gasteiger partial charge in [-0.3, -0.25) is 0 Å². The monoisotopic (exact) mass is 1620 g/mol. The average Bonchev–Trinajstić information content (AvgIpc) is 1.55. The van der Waals surface area contributed by atoms with Gasteiger partial charge in [-0.15, -0.1) is 0 Å². The van der Waals surface area contributed by atoms with Crippen LogP contribution in [0.3, 0.4) is 0 Å². The van der Waals surface area contributed by atoms with E-state index in [1.165, 1.54) is 76.1 Å². The van der Waals surface area contributed by atoms with E-state index < -0.39 is 0 Å². The Morgan fingerprint density at radius 2 is 0.608 bits per heavy atom. The molecule has 0 aliphatic heterocycles. The number of halogens is 1. The third-order valence-electron chi connectivity index (χ3n) is 24.7. The first-order valence-electron chi connectivity index (χ1n) is 42.1. The number of aromatic nitrogens is 7. The summed E-state index contributed by atoms with van der Waals surface area (Å²) in [6, 6.07) is 144. The van der Waals surface area contributed by atoms with Crippen LogP contribution in [0.2, 0.25) is 5.02 Å². The van der Waals surface area contributed by atoms with Crippen LogP contribution in [0.25, 0.3) is 238 Å². The number of rotatable bonds is 9.